The molecule has 8 nitrogen and oxygen atoms in total. The summed E-state index contributed by atoms with van der Waals surface area (Å²) in [5.41, 5.74) is 5.62. The molecule has 1 saturated heterocycles. The number of aliphatic carboxylic acids is 1. The molecule has 0 bridgehead atoms. The van der Waals surface area contributed by atoms with Crippen LogP contribution in [0.2, 0.25) is 0 Å². The van der Waals surface area contributed by atoms with Crippen LogP contribution in [-0.2, 0) is 11.3 Å². The molecule has 2 unspecified atom stereocenters. The second-order valence-electron chi connectivity index (χ2n) is 4.79. The van der Waals surface area contributed by atoms with E-state index in [2.05, 4.69) is 10.3 Å². The molecule has 3 N–H and O–H groups in total. The van der Waals surface area contributed by atoms with Crippen LogP contribution < -0.4 is 5.73 Å². The van der Waals surface area contributed by atoms with Gasteiger partial charge in [-0.3, -0.25) is 14.3 Å². The van der Waals surface area contributed by atoms with E-state index in [0.717, 1.165) is 0 Å². The molecule has 1 aromatic rings. The van der Waals surface area contributed by atoms with Crippen LogP contribution in [0.15, 0.2) is 6.20 Å². The van der Waals surface area contributed by atoms with E-state index >= 15 is 0 Å². The Balaban J connectivity index is 2.06. The zero-order chi connectivity index (χ0) is 14.0. The highest BCUT2D eigenvalue weighted by Crippen LogP contribution is 2.24. The van der Waals surface area contributed by atoms with Gasteiger partial charge < -0.3 is 15.7 Å². The van der Waals surface area contributed by atoms with E-state index in [0.29, 0.717) is 19.6 Å². The summed E-state index contributed by atoms with van der Waals surface area (Å²) in [5.74, 6) is -1.71. The molecule has 2 heterocycles. The Hall–Kier alpha value is -1.96. The van der Waals surface area contributed by atoms with E-state index in [1.165, 1.54) is 15.8 Å². The Morgan fingerprint density at radius 1 is 1.53 bits per heavy atom. The Bertz CT molecular complexity index is 486. The van der Waals surface area contributed by atoms with Gasteiger partial charge in [0.25, 0.3) is 5.91 Å². The molecule has 0 saturated carbocycles. The van der Waals surface area contributed by atoms with Crippen LogP contribution in [-0.4, -0.2) is 56.5 Å². The summed E-state index contributed by atoms with van der Waals surface area (Å²) < 4.78 is 1.50. The van der Waals surface area contributed by atoms with Gasteiger partial charge in [0.05, 0.1) is 18.7 Å². The minimum absolute atomic E-state index is 0.0551. The molecule has 1 aliphatic heterocycles. The Morgan fingerprint density at radius 3 is 2.84 bits per heavy atom. The van der Waals surface area contributed by atoms with Crippen molar-refractivity contribution in [2.45, 2.75) is 13.5 Å². The highest BCUT2D eigenvalue weighted by molar-refractivity contribution is 5.92. The van der Waals surface area contributed by atoms with Gasteiger partial charge in [-0.05, 0) is 5.92 Å². The first-order valence-electron chi connectivity index (χ1n) is 6.15. The van der Waals surface area contributed by atoms with Crippen molar-refractivity contribution in [1.29, 1.82) is 0 Å². The maximum Gasteiger partial charge on any atom is 0.308 e. The summed E-state index contributed by atoms with van der Waals surface area (Å²) in [5, 5.41) is 16.6. The SMILES string of the molecule is CC1CN(C(=O)c2cn(CCN)nn2)CC1C(=O)O. The molecule has 0 radical (unpaired) electrons. The maximum absolute atomic E-state index is 12.2. The standard InChI is InChI=1S/C11H17N5O3/c1-7-4-15(5-8(7)11(18)19)10(17)9-6-16(3-2-12)14-13-9/h6-8H,2-5,12H2,1H3,(H,18,19). The van der Waals surface area contributed by atoms with Crippen LogP contribution in [0, 0.1) is 11.8 Å². The number of carbonyl (C=O) groups is 2. The van der Waals surface area contributed by atoms with E-state index in [1.807, 2.05) is 6.92 Å². The summed E-state index contributed by atoms with van der Waals surface area (Å²) in [6.45, 7) is 3.39. The number of hydrogen-bond donors (Lipinski definition) is 2. The molecule has 1 aliphatic rings. The van der Waals surface area contributed by atoms with Gasteiger partial charge in [0, 0.05) is 19.6 Å². The molecule has 8 heteroatoms. The van der Waals surface area contributed by atoms with E-state index in [4.69, 9.17) is 10.8 Å². The van der Waals surface area contributed by atoms with Crippen molar-refractivity contribution in [2.24, 2.45) is 17.6 Å². The number of nitrogens with zero attached hydrogens (tertiary/aromatic N) is 4. The number of carbonyl (C=O) groups excluding carboxylic acids is 1. The lowest BCUT2D eigenvalue weighted by atomic mass is 9.99. The van der Waals surface area contributed by atoms with E-state index in [-0.39, 0.29) is 24.1 Å². The number of rotatable bonds is 4. The highest BCUT2D eigenvalue weighted by Gasteiger charge is 2.37. The summed E-state index contributed by atoms with van der Waals surface area (Å²) in [4.78, 5) is 24.7. The molecular formula is C11H17N5O3. The maximum atomic E-state index is 12.2. The first-order chi connectivity index (χ1) is 9.02. The van der Waals surface area contributed by atoms with Crippen LogP contribution in [0.5, 0.6) is 0 Å². The Kier molecular flexibility index (Phi) is 3.79. The average molecular weight is 267 g/mol. The number of hydrogen-bond acceptors (Lipinski definition) is 5. The van der Waals surface area contributed by atoms with Crippen molar-refractivity contribution >= 4 is 11.9 Å². The van der Waals surface area contributed by atoms with E-state index in [9.17, 15) is 9.59 Å². The van der Waals surface area contributed by atoms with Crippen LogP contribution in [0.1, 0.15) is 17.4 Å². The monoisotopic (exact) mass is 267 g/mol. The smallest absolute Gasteiger partial charge is 0.308 e. The molecule has 2 atom stereocenters. The third-order valence-corrected chi connectivity index (χ3v) is 3.33. The molecule has 0 aromatic carbocycles. The molecule has 1 amide bonds. The predicted octanol–water partition coefficient (Wildman–Crippen LogP) is -0.970. The number of amides is 1. The predicted molar refractivity (Wildman–Crippen MR) is 65.3 cm³/mol. The molecule has 0 spiro atoms. The molecule has 2 rings (SSSR count). The number of carboxylic acid groups (broad SMARTS) is 1. The normalized spacial score (nSPS) is 22.7. The largest absolute Gasteiger partial charge is 0.481 e. The lowest BCUT2D eigenvalue weighted by molar-refractivity contribution is -0.142. The third-order valence-electron chi connectivity index (χ3n) is 3.33. The van der Waals surface area contributed by atoms with Gasteiger partial charge in [0.1, 0.15) is 0 Å². The van der Waals surface area contributed by atoms with Gasteiger partial charge >= 0.3 is 5.97 Å². The lowest BCUT2D eigenvalue weighted by Gasteiger charge is -2.13. The van der Waals surface area contributed by atoms with Crippen molar-refractivity contribution in [3.63, 3.8) is 0 Å². The van der Waals surface area contributed by atoms with E-state index < -0.39 is 11.9 Å². The topological polar surface area (TPSA) is 114 Å². The van der Waals surface area contributed by atoms with Gasteiger partial charge in [-0.1, -0.05) is 12.1 Å². The van der Waals surface area contributed by atoms with Crippen molar-refractivity contribution in [3.8, 4) is 0 Å². The summed E-state index contributed by atoms with van der Waals surface area (Å²) >= 11 is 0. The first-order valence-corrected chi connectivity index (χ1v) is 6.15. The summed E-state index contributed by atoms with van der Waals surface area (Å²) in [6.07, 6.45) is 1.54. The Morgan fingerprint density at radius 2 is 2.26 bits per heavy atom. The van der Waals surface area contributed by atoms with Crippen molar-refractivity contribution in [2.75, 3.05) is 19.6 Å². The number of aromatic nitrogens is 3. The third kappa shape index (κ3) is 2.73. The molecule has 19 heavy (non-hydrogen) atoms. The fourth-order valence-electron chi connectivity index (χ4n) is 2.25. The van der Waals surface area contributed by atoms with Crippen molar-refractivity contribution in [3.05, 3.63) is 11.9 Å². The fraction of sp³-hybridized carbons (Fsp3) is 0.636. The molecule has 1 aromatic heterocycles. The van der Waals surface area contributed by atoms with E-state index in [1.54, 1.807) is 0 Å². The zero-order valence-corrected chi connectivity index (χ0v) is 10.7. The number of likely N-dealkylation sites (tertiary alicyclic amines) is 1. The molecule has 104 valence electrons. The number of carboxylic acids is 1. The molecular weight excluding hydrogens is 250 g/mol. The van der Waals surface area contributed by atoms with Crippen LogP contribution in [0.4, 0.5) is 0 Å². The fourth-order valence-corrected chi connectivity index (χ4v) is 2.25. The van der Waals surface area contributed by atoms with Gasteiger partial charge in [0.15, 0.2) is 5.69 Å². The summed E-state index contributed by atoms with van der Waals surface area (Å²) in [7, 11) is 0. The van der Waals surface area contributed by atoms with Crippen molar-refractivity contribution < 1.29 is 14.7 Å². The van der Waals surface area contributed by atoms with Gasteiger partial charge in [0.2, 0.25) is 0 Å². The second-order valence-corrected chi connectivity index (χ2v) is 4.79. The van der Waals surface area contributed by atoms with Crippen molar-refractivity contribution in [1.82, 2.24) is 19.9 Å². The van der Waals surface area contributed by atoms with Gasteiger partial charge in [-0.25, -0.2) is 0 Å². The van der Waals surface area contributed by atoms with Crippen LogP contribution >= 0.6 is 0 Å². The highest BCUT2D eigenvalue weighted by atomic mass is 16.4. The summed E-state index contributed by atoms with van der Waals surface area (Å²) in [6, 6.07) is 0. The lowest BCUT2D eigenvalue weighted by Crippen LogP contribution is -2.30. The minimum atomic E-state index is -0.866. The van der Waals surface area contributed by atoms with Crippen LogP contribution in [0.25, 0.3) is 0 Å². The first kappa shape index (κ1) is 13.5. The zero-order valence-electron chi connectivity index (χ0n) is 10.7. The molecule has 1 fully saturated rings. The van der Waals surface area contributed by atoms with Gasteiger partial charge in [-0.15, -0.1) is 5.10 Å². The van der Waals surface area contributed by atoms with Crippen LogP contribution in [0.3, 0.4) is 0 Å². The molecule has 0 aliphatic carbocycles. The second kappa shape index (κ2) is 5.35. The minimum Gasteiger partial charge on any atom is -0.481 e. The number of nitrogens with two attached hydrogens (primary N) is 1. The average Bonchev–Trinajstić information content (AvgIpc) is 2.95. The van der Waals surface area contributed by atoms with Gasteiger partial charge in [-0.2, -0.15) is 0 Å². The quantitative estimate of drug-likeness (QED) is 0.725. The Labute approximate surface area is 110 Å².